The summed E-state index contributed by atoms with van der Waals surface area (Å²) in [6, 6.07) is 10.6. The number of nitrogens with one attached hydrogen (secondary N) is 1. The van der Waals surface area contributed by atoms with Crippen LogP contribution >= 0.6 is 0 Å². The van der Waals surface area contributed by atoms with Gasteiger partial charge in [-0.25, -0.2) is 9.97 Å². The maximum Gasteiger partial charge on any atom is 0.226 e. The number of morpholine rings is 1. The van der Waals surface area contributed by atoms with Crippen molar-refractivity contribution in [2.45, 2.75) is 19.9 Å². The molecule has 5 rings (SSSR count). The highest BCUT2D eigenvalue weighted by Crippen LogP contribution is 2.32. The largest absolute Gasteiger partial charge is 0.377 e. The summed E-state index contributed by atoms with van der Waals surface area (Å²) in [5, 5.41) is 5.56. The van der Waals surface area contributed by atoms with E-state index in [9.17, 15) is 0 Å². The molecule has 148 valence electrons. The summed E-state index contributed by atoms with van der Waals surface area (Å²) in [5.41, 5.74) is 6.09. The van der Waals surface area contributed by atoms with Crippen molar-refractivity contribution in [1.82, 2.24) is 24.7 Å². The van der Waals surface area contributed by atoms with Crippen molar-refractivity contribution in [3.05, 3.63) is 48.3 Å². The first-order valence-electron chi connectivity index (χ1n) is 9.91. The zero-order valence-electron chi connectivity index (χ0n) is 16.9. The Balaban J connectivity index is 1.73. The third-order valence-electron chi connectivity index (χ3n) is 5.57. The maximum absolute atomic E-state index is 5.62. The SMILES string of the molecule is Cc1cnn(C)c1-c1cc(-c2cccc3[nH]ccc23)nc(N2CCOCC2C)n1. The van der Waals surface area contributed by atoms with Gasteiger partial charge in [0.25, 0.3) is 0 Å². The second kappa shape index (κ2) is 7.00. The number of rotatable bonds is 3. The van der Waals surface area contributed by atoms with Crippen molar-refractivity contribution in [2.75, 3.05) is 24.7 Å². The molecule has 0 saturated carbocycles. The van der Waals surface area contributed by atoms with E-state index in [2.05, 4.69) is 59.2 Å². The van der Waals surface area contributed by atoms with Gasteiger partial charge < -0.3 is 14.6 Å². The van der Waals surface area contributed by atoms with Crippen LogP contribution in [0, 0.1) is 6.92 Å². The summed E-state index contributed by atoms with van der Waals surface area (Å²) in [6.07, 6.45) is 3.84. The molecule has 1 atom stereocenters. The van der Waals surface area contributed by atoms with E-state index in [0.717, 1.165) is 51.6 Å². The van der Waals surface area contributed by atoms with Gasteiger partial charge in [0.1, 0.15) is 0 Å². The molecule has 0 bridgehead atoms. The van der Waals surface area contributed by atoms with Crippen LogP contribution in [0.15, 0.2) is 42.7 Å². The summed E-state index contributed by atoms with van der Waals surface area (Å²) < 4.78 is 7.50. The van der Waals surface area contributed by atoms with Crippen LogP contribution in [0.4, 0.5) is 5.95 Å². The molecule has 0 radical (unpaired) electrons. The minimum atomic E-state index is 0.225. The Bertz CT molecular complexity index is 1160. The Morgan fingerprint density at radius 3 is 2.83 bits per heavy atom. The van der Waals surface area contributed by atoms with Gasteiger partial charge in [-0.3, -0.25) is 4.68 Å². The number of hydrogen-bond acceptors (Lipinski definition) is 5. The van der Waals surface area contributed by atoms with E-state index < -0.39 is 0 Å². The second-order valence-corrected chi connectivity index (χ2v) is 7.60. The molecule has 1 aliphatic rings. The molecule has 0 spiro atoms. The smallest absolute Gasteiger partial charge is 0.226 e. The van der Waals surface area contributed by atoms with Crippen molar-refractivity contribution in [3.63, 3.8) is 0 Å². The lowest BCUT2D eigenvalue weighted by Crippen LogP contribution is -2.44. The number of H-pyrrole nitrogens is 1. The summed E-state index contributed by atoms with van der Waals surface area (Å²) in [5.74, 6) is 0.737. The Labute approximate surface area is 169 Å². The van der Waals surface area contributed by atoms with Gasteiger partial charge in [-0.1, -0.05) is 12.1 Å². The predicted octanol–water partition coefficient (Wildman–Crippen LogP) is 3.56. The van der Waals surface area contributed by atoms with Crippen LogP contribution in [0.25, 0.3) is 33.5 Å². The molecule has 4 heterocycles. The van der Waals surface area contributed by atoms with Crippen LogP contribution in [-0.2, 0) is 11.8 Å². The van der Waals surface area contributed by atoms with Crippen LogP contribution in [0.1, 0.15) is 12.5 Å². The molecular formula is C22H24N6O. The number of aromatic nitrogens is 5. The van der Waals surface area contributed by atoms with Gasteiger partial charge in [-0.15, -0.1) is 0 Å². The number of benzene rings is 1. The van der Waals surface area contributed by atoms with E-state index in [-0.39, 0.29) is 6.04 Å². The molecule has 1 aromatic carbocycles. The Kier molecular flexibility index (Phi) is 4.32. The van der Waals surface area contributed by atoms with Crippen molar-refractivity contribution in [3.8, 4) is 22.6 Å². The first-order chi connectivity index (χ1) is 14.1. The quantitative estimate of drug-likeness (QED) is 0.581. The van der Waals surface area contributed by atoms with Crippen LogP contribution < -0.4 is 4.90 Å². The highest BCUT2D eigenvalue weighted by molar-refractivity contribution is 5.94. The average molecular weight is 388 g/mol. The molecule has 3 aromatic heterocycles. The van der Waals surface area contributed by atoms with Crippen LogP contribution in [0.5, 0.6) is 0 Å². The average Bonchev–Trinajstić information content (AvgIpc) is 3.34. The minimum Gasteiger partial charge on any atom is -0.377 e. The lowest BCUT2D eigenvalue weighted by atomic mass is 10.1. The lowest BCUT2D eigenvalue weighted by molar-refractivity contribution is 0.0981. The van der Waals surface area contributed by atoms with Gasteiger partial charge >= 0.3 is 0 Å². The molecule has 1 N–H and O–H groups in total. The van der Waals surface area contributed by atoms with E-state index >= 15 is 0 Å². The number of hydrogen-bond donors (Lipinski definition) is 1. The molecule has 7 heteroatoms. The monoisotopic (exact) mass is 388 g/mol. The molecular weight excluding hydrogens is 364 g/mol. The molecule has 29 heavy (non-hydrogen) atoms. The molecule has 0 amide bonds. The van der Waals surface area contributed by atoms with E-state index in [1.54, 1.807) is 0 Å². The summed E-state index contributed by atoms with van der Waals surface area (Å²) in [4.78, 5) is 15.5. The van der Waals surface area contributed by atoms with E-state index in [4.69, 9.17) is 14.7 Å². The zero-order valence-corrected chi connectivity index (χ0v) is 16.9. The maximum atomic E-state index is 5.62. The summed E-state index contributed by atoms with van der Waals surface area (Å²) in [6.45, 7) is 6.36. The summed E-state index contributed by atoms with van der Waals surface area (Å²) >= 11 is 0. The molecule has 0 aliphatic carbocycles. The number of aromatic amines is 1. The lowest BCUT2D eigenvalue weighted by Gasteiger charge is -2.33. The normalized spacial score (nSPS) is 17.2. The van der Waals surface area contributed by atoms with Crippen LogP contribution in [0.2, 0.25) is 0 Å². The molecule has 1 fully saturated rings. The Hall–Kier alpha value is -3.19. The highest BCUT2D eigenvalue weighted by atomic mass is 16.5. The highest BCUT2D eigenvalue weighted by Gasteiger charge is 2.24. The topological polar surface area (TPSA) is 71.9 Å². The first kappa shape index (κ1) is 17.9. The van der Waals surface area contributed by atoms with Gasteiger partial charge in [-0.2, -0.15) is 5.10 Å². The molecule has 1 saturated heterocycles. The fourth-order valence-corrected chi connectivity index (χ4v) is 4.07. The van der Waals surface area contributed by atoms with Gasteiger partial charge in [0.05, 0.1) is 42.5 Å². The number of fused-ring (bicyclic) bond motifs is 1. The zero-order chi connectivity index (χ0) is 20.0. The van der Waals surface area contributed by atoms with Crippen molar-refractivity contribution >= 4 is 16.9 Å². The third kappa shape index (κ3) is 3.07. The fourth-order valence-electron chi connectivity index (χ4n) is 4.07. The van der Waals surface area contributed by atoms with E-state index in [1.807, 2.05) is 24.1 Å². The molecule has 1 unspecified atom stereocenters. The van der Waals surface area contributed by atoms with Crippen LogP contribution in [-0.4, -0.2) is 50.5 Å². The van der Waals surface area contributed by atoms with Crippen molar-refractivity contribution in [2.24, 2.45) is 7.05 Å². The number of ether oxygens (including phenoxy) is 1. The number of aryl methyl sites for hydroxylation is 2. The van der Waals surface area contributed by atoms with Gasteiger partial charge in [0.15, 0.2) is 0 Å². The number of nitrogens with zero attached hydrogens (tertiary/aromatic N) is 5. The van der Waals surface area contributed by atoms with Crippen LogP contribution in [0.3, 0.4) is 0 Å². The summed E-state index contributed by atoms with van der Waals surface area (Å²) in [7, 11) is 1.95. The molecule has 1 aliphatic heterocycles. The third-order valence-corrected chi connectivity index (χ3v) is 5.57. The fraction of sp³-hybridized carbons (Fsp3) is 0.318. The Morgan fingerprint density at radius 1 is 1.17 bits per heavy atom. The molecule has 4 aromatic rings. The second-order valence-electron chi connectivity index (χ2n) is 7.60. The van der Waals surface area contributed by atoms with Gasteiger partial charge in [0, 0.05) is 36.3 Å². The predicted molar refractivity (Wildman–Crippen MR) is 114 cm³/mol. The molecule has 7 nitrogen and oxygen atoms in total. The standard InChI is InChI=1S/C22H24N6O/c1-14-12-24-27(3)21(14)20-11-19(16-5-4-6-18-17(16)7-8-23-18)25-22(26-20)28-9-10-29-13-15(28)2/h4-8,11-12,15,23H,9-10,13H2,1-3H3. The van der Waals surface area contributed by atoms with E-state index in [1.165, 1.54) is 0 Å². The van der Waals surface area contributed by atoms with Gasteiger partial charge in [0.2, 0.25) is 5.95 Å². The Morgan fingerprint density at radius 2 is 2.03 bits per heavy atom. The minimum absolute atomic E-state index is 0.225. The first-order valence-corrected chi connectivity index (χ1v) is 9.91. The number of anilines is 1. The van der Waals surface area contributed by atoms with E-state index in [0.29, 0.717) is 13.2 Å². The van der Waals surface area contributed by atoms with Crippen molar-refractivity contribution < 1.29 is 4.74 Å². The van der Waals surface area contributed by atoms with Crippen molar-refractivity contribution in [1.29, 1.82) is 0 Å². The van der Waals surface area contributed by atoms with Gasteiger partial charge in [-0.05, 0) is 37.6 Å².